The smallest absolute Gasteiger partial charge is 0.244 e. The van der Waals surface area contributed by atoms with E-state index < -0.39 is 10.0 Å². The molecule has 2 heterocycles. The van der Waals surface area contributed by atoms with Crippen LogP contribution in [-0.4, -0.2) is 27.7 Å². The molecular weight excluding hydrogens is 280 g/mol. The van der Waals surface area contributed by atoms with Gasteiger partial charge in [0, 0.05) is 31.2 Å². The van der Waals surface area contributed by atoms with E-state index in [1.807, 2.05) is 6.92 Å². The van der Waals surface area contributed by atoms with Gasteiger partial charge in [0.25, 0.3) is 0 Å². The molecule has 1 aliphatic rings. The zero-order valence-corrected chi connectivity index (χ0v) is 12.9. The topological polar surface area (TPSA) is 94.6 Å². The van der Waals surface area contributed by atoms with Gasteiger partial charge in [0.15, 0.2) is 0 Å². The lowest BCUT2D eigenvalue weighted by atomic mass is 10.0. The van der Waals surface area contributed by atoms with E-state index in [1.54, 1.807) is 13.8 Å². The van der Waals surface area contributed by atoms with E-state index in [4.69, 9.17) is 14.9 Å². The number of ether oxygens (including phenoxy) is 1. The molecule has 0 spiro atoms. The monoisotopic (exact) mass is 302 g/mol. The number of sulfonamides is 1. The summed E-state index contributed by atoms with van der Waals surface area (Å²) in [5, 5.41) is 0. The SMILES string of the molecule is Cc1oc(C)c(S(=O)(=O)NCC2CCOC2C)c1CN. The molecule has 6 nitrogen and oxygen atoms in total. The first-order chi connectivity index (χ1) is 9.36. The van der Waals surface area contributed by atoms with Crippen LogP contribution in [0.2, 0.25) is 0 Å². The van der Waals surface area contributed by atoms with Crippen molar-refractivity contribution in [3.63, 3.8) is 0 Å². The highest BCUT2D eigenvalue weighted by Crippen LogP contribution is 2.27. The van der Waals surface area contributed by atoms with Crippen molar-refractivity contribution in [3.05, 3.63) is 17.1 Å². The van der Waals surface area contributed by atoms with Crippen molar-refractivity contribution in [2.45, 2.75) is 44.7 Å². The van der Waals surface area contributed by atoms with Crippen molar-refractivity contribution >= 4 is 10.0 Å². The molecule has 1 saturated heterocycles. The molecule has 1 aromatic heterocycles. The largest absolute Gasteiger partial charge is 0.465 e. The predicted molar refractivity (Wildman–Crippen MR) is 74.8 cm³/mol. The summed E-state index contributed by atoms with van der Waals surface area (Å²) in [6.07, 6.45) is 0.954. The van der Waals surface area contributed by atoms with E-state index in [0.717, 1.165) is 6.42 Å². The van der Waals surface area contributed by atoms with Crippen molar-refractivity contribution < 1.29 is 17.6 Å². The van der Waals surface area contributed by atoms with Gasteiger partial charge in [-0.2, -0.15) is 0 Å². The molecule has 114 valence electrons. The maximum atomic E-state index is 12.4. The van der Waals surface area contributed by atoms with Crippen LogP contribution in [0.1, 0.15) is 30.4 Å². The lowest BCUT2D eigenvalue weighted by Crippen LogP contribution is -2.32. The molecule has 0 amide bonds. The Morgan fingerprint density at radius 2 is 2.05 bits per heavy atom. The highest BCUT2D eigenvalue weighted by Gasteiger charge is 2.29. The van der Waals surface area contributed by atoms with E-state index >= 15 is 0 Å². The fourth-order valence-electron chi connectivity index (χ4n) is 2.63. The fraction of sp³-hybridized carbons (Fsp3) is 0.692. The molecular formula is C13H22N2O4S. The van der Waals surface area contributed by atoms with E-state index in [9.17, 15) is 8.42 Å². The van der Waals surface area contributed by atoms with Crippen LogP contribution in [0.25, 0.3) is 0 Å². The van der Waals surface area contributed by atoms with Gasteiger partial charge in [-0.15, -0.1) is 0 Å². The minimum atomic E-state index is -3.60. The lowest BCUT2D eigenvalue weighted by molar-refractivity contribution is 0.107. The average Bonchev–Trinajstić information content (AvgIpc) is 2.90. The molecule has 0 saturated carbocycles. The quantitative estimate of drug-likeness (QED) is 0.848. The fourth-order valence-corrected chi connectivity index (χ4v) is 4.18. The molecule has 2 rings (SSSR count). The first-order valence-electron chi connectivity index (χ1n) is 6.77. The standard InChI is InChI=1S/C13H22N2O4S/c1-8-11(4-5-18-8)7-15-20(16,17)13-10(3)19-9(2)12(13)6-14/h8,11,15H,4-7,14H2,1-3H3. The number of furan rings is 1. The first-order valence-corrected chi connectivity index (χ1v) is 8.25. The second-order valence-electron chi connectivity index (χ2n) is 5.20. The molecule has 1 fully saturated rings. The van der Waals surface area contributed by atoms with Gasteiger partial charge in [-0.25, -0.2) is 13.1 Å². The third-order valence-corrected chi connectivity index (χ3v) is 5.48. The minimum absolute atomic E-state index is 0.0823. The van der Waals surface area contributed by atoms with Crippen LogP contribution in [0.3, 0.4) is 0 Å². The van der Waals surface area contributed by atoms with Gasteiger partial charge in [0.1, 0.15) is 16.4 Å². The van der Waals surface area contributed by atoms with Gasteiger partial charge >= 0.3 is 0 Å². The Bertz CT molecular complexity index is 579. The second-order valence-corrected chi connectivity index (χ2v) is 6.91. The summed E-state index contributed by atoms with van der Waals surface area (Å²) < 4.78 is 38.4. The minimum Gasteiger partial charge on any atom is -0.465 e. The Labute approximate surface area is 119 Å². The summed E-state index contributed by atoms with van der Waals surface area (Å²) in [5.74, 6) is 1.15. The van der Waals surface area contributed by atoms with Gasteiger partial charge in [0.05, 0.1) is 6.10 Å². The van der Waals surface area contributed by atoms with Gasteiger partial charge in [-0.1, -0.05) is 0 Å². The lowest BCUT2D eigenvalue weighted by Gasteiger charge is -2.15. The van der Waals surface area contributed by atoms with Crippen LogP contribution in [0.5, 0.6) is 0 Å². The van der Waals surface area contributed by atoms with Crippen LogP contribution in [0, 0.1) is 19.8 Å². The van der Waals surface area contributed by atoms with Crippen LogP contribution >= 0.6 is 0 Å². The molecule has 0 bridgehead atoms. The molecule has 0 aliphatic carbocycles. The maximum absolute atomic E-state index is 12.4. The van der Waals surface area contributed by atoms with E-state index in [2.05, 4.69) is 4.72 Å². The second kappa shape index (κ2) is 5.85. The Morgan fingerprint density at radius 1 is 1.35 bits per heavy atom. The molecule has 2 unspecified atom stereocenters. The molecule has 2 atom stereocenters. The van der Waals surface area contributed by atoms with Crippen molar-refractivity contribution in [2.24, 2.45) is 11.7 Å². The van der Waals surface area contributed by atoms with Crippen molar-refractivity contribution in [1.82, 2.24) is 4.72 Å². The summed E-state index contributed by atoms with van der Waals surface area (Å²) in [6.45, 7) is 6.53. The number of hydrogen-bond donors (Lipinski definition) is 2. The molecule has 1 aromatic rings. The number of hydrogen-bond acceptors (Lipinski definition) is 5. The Balaban J connectivity index is 2.18. The Kier molecular flexibility index (Phi) is 4.53. The summed E-state index contributed by atoms with van der Waals surface area (Å²) in [6, 6.07) is 0. The number of aryl methyl sites for hydroxylation is 2. The third kappa shape index (κ3) is 2.90. The van der Waals surface area contributed by atoms with Gasteiger partial charge < -0.3 is 14.9 Å². The Hall–Kier alpha value is -0.890. The number of nitrogens with one attached hydrogen (secondary N) is 1. The predicted octanol–water partition coefficient (Wildman–Crippen LogP) is 1.06. The third-order valence-electron chi connectivity index (χ3n) is 3.87. The summed E-state index contributed by atoms with van der Waals surface area (Å²) in [7, 11) is -3.60. The van der Waals surface area contributed by atoms with Crippen molar-refractivity contribution in [3.8, 4) is 0 Å². The average molecular weight is 302 g/mol. The zero-order valence-electron chi connectivity index (χ0n) is 12.1. The highest BCUT2D eigenvalue weighted by molar-refractivity contribution is 7.89. The van der Waals surface area contributed by atoms with Crippen LogP contribution in [0.4, 0.5) is 0 Å². The van der Waals surface area contributed by atoms with Gasteiger partial charge in [0.2, 0.25) is 10.0 Å². The highest BCUT2D eigenvalue weighted by atomic mass is 32.2. The van der Waals surface area contributed by atoms with Crippen molar-refractivity contribution in [2.75, 3.05) is 13.2 Å². The van der Waals surface area contributed by atoms with E-state index in [0.29, 0.717) is 30.2 Å². The number of rotatable bonds is 5. The van der Waals surface area contributed by atoms with E-state index in [-0.39, 0.29) is 23.5 Å². The normalized spacial score (nSPS) is 23.4. The molecule has 0 radical (unpaired) electrons. The number of nitrogens with two attached hydrogens (primary N) is 1. The molecule has 20 heavy (non-hydrogen) atoms. The van der Waals surface area contributed by atoms with Gasteiger partial charge in [-0.3, -0.25) is 0 Å². The molecule has 3 N–H and O–H groups in total. The summed E-state index contributed by atoms with van der Waals surface area (Å²) in [5.41, 5.74) is 6.18. The molecule has 0 aromatic carbocycles. The van der Waals surface area contributed by atoms with Crippen LogP contribution in [-0.2, 0) is 21.3 Å². The summed E-state index contributed by atoms with van der Waals surface area (Å²) in [4.78, 5) is 0.184. The van der Waals surface area contributed by atoms with Crippen LogP contribution < -0.4 is 10.5 Å². The van der Waals surface area contributed by atoms with Crippen molar-refractivity contribution in [1.29, 1.82) is 0 Å². The molecule has 1 aliphatic heterocycles. The zero-order chi connectivity index (χ0) is 14.9. The Morgan fingerprint density at radius 3 is 2.60 bits per heavy atom. The maximum Gasteiger partial charge on any atom is 0.244 e. The van der Waals surface area contributed by atoms with Crippen LogP contribution in [0.15, 0.2) is 9.31 Å². The van der Waals surface area contributed by atoms with E-state index in [1.165, 1.54) is 0 Å². The first kappa shape index (κ1) is 15.5. The van der Waals surface area contributed by atoms with Gasteiger partial charge in [-0.05, 0) is 27.2 Å². The molecule has 7 heteroatoms. The summed E-state index contributed by atoms with van der Waals surface area (Å²) >= 11 is 0.